The number of anilines is 1. The van der Waals surface area contributed by atoms with E-state index in [1.165, 1.54) is 14.2 Å². The van der Waals surface area contributed by atoms with Gasteiger partial charge in [0.05, 0.1) is 26.4 Å². The third-order valence-corrected chi connectivity index (χ3v) is 12.3. The molecule has 0 saturated heterocycles. The molecule has 0 aliphatic carbocycles. The number of halogens is 2. The molecule has 9 amide bonds. The average Bonchev–Trinajstić information content (AvgIpc) is 3.77. The van der Waals surface area contributed by atoms with Crippen LogP contribution in [0.3, 0.4) is 0 Å². The summed E-state index contributed by atoms with van der Waals surface area (Å²) in [4.78, 5) is 92.3. The van der Waals surface area contributed by atoms with Gasteiger partial charge >= 0.3 is 24.2 Å². The SMILES string of the molecule is CON(C)C(=O)N1N=C(c2cc(F)ccc2F)S[C@@]1(CCCNC(=O)OCc1ccc(NC(=O)[C@H](CCCNC(N)=O)NC(=O)CNC(=O)CCNC(=O)OCC(O)OC(CO)CC(C)(C)C)cc1)c1ccccc1. The van der Waals surface area contributed by atoms with Crippen molar-refractivity contribution in [1.82, 2.24) is 36.7 Å². The smallest absolute Gasteiger partial charge is 0.407 e. The van der Waals surface area contributed by atoms with E-state index in [1.54, 1.807) is 54.6 Å². The number of nitrogens with two attached hydrogens (primary N) is 1. The van der Waals surface area contributed by atoms with Crippen molar-refractivity contribution in [2.24, 2.45) is 16.3 Å². The zero-order valence-electron chi connectivity index (χ0n) is 42.3. The number of carbonyl (C=O) groups excluding carboxylic acids is 7. The van der Waals surface area contributed by atoms with Crippen LogP contribution in [0, 0.1) is 17.0 Å². The number of nitrogens with zero attached hydrogens (tertiary/aromatic N) is 3. The molecule has 1 heterocycles. The normalized spacial score (nSPS) is 15.3. The van der Waals surface area contributed by atoms with Crippen LogP contribution < -0.4 is 37.6 Å². The van der Waals surface area contributed by atoms with Crippen molar-refractivity contribution >= 4 is 64.5 Å². The molecule has 410 valence electrons. The average molecular weight is 1070 g/mol. The topological polar surface area (TPSA) is 314 Å². The Labute approximate surface area is 436 Å². The summed E-state index contributed by atoms with van der Waals surface area (Å²) in [6.07, 6.45) is -2.90. The van der Waals surface area contributed by atoms with Crippen molar-refractivity contribution in [2.75, 3.05) is 58.9 Å². The van der Waals surface area contributed by atoms with Gasteiger partial charge in [-0.05, 0) is 79.0 Å². The second-order valence-electron chi connectivity index (χ2n) is 18.1. The number of aliphatic hydroxyl groups excluding tert-OH is 2. The van der Waals surface area contributed by atoms with Gasteiger partial charge in [0.1, 0.15) is 40.8 Å². The van der Waals surface area contributed by atoms with Crippen molar-refractivity contribution in [2.45, 2.75) is 89.2 Å². The number of hydroxylamine groups is 2. The van der Waals surface area contributed by atoms with Crippen LogP contribution in [-0.4, -0.2) is 139 Å². The number of urea groups is 2. The van der Waals surface area contributed by atoms with Crippen LogP contribution in [0.2, 0.25) is 0 Å². The van der Waals surface area contributed by atoms with Gasteiger partial charge in [-0.15, -0.1) is 0 Å². The highest BCUT2D eigenvalue weighted by Crippen LogP contribution is 2.51. The number of primary amides is 1. The van der Waals surface area contributed by atoms with Crippen LogP contribution in [0.25, 0.3) is 0 Å². The fourth-order valence-electron chi connectivity index (χ4n) is 7.26. The number of aliphatic hydroxyl groups is 2. The Morgan fingerprint density at radius 3 is 2.23 bits per heavy atom. The van der Waals surface area contributed by atoms with Crippen LogP contribution in [0.5, 0.6) is 0 Å². The van der Waals surface area contributed by atoms with Crippen molar-refractivity contribution in [1.29, 1.82) is 0 Å². The molecule has 0 saturated carbocycles. The summed E-state index contributed by atoms with van der Waals surface area (Å²) in [5, 5.41) is 41.3. The number of rotatable bonds is 27. The Bertz CT molecular complexity index is 2440. The molecule has 1 aliphatic rings. The first kappa shape index (κ1) is 60.4. The van der Waals surface area contributed by atoms with Gasteiger partial charge < -0.3 is 62.1 Å². The number of ether oxygens (including phenoxy) is 3. The number of alkyl carbamates (subject to hydrolysis) is 2. The fourth-order valence-corrected chi connectivity index (χ4v) is 8.68. The van der Waals surface area contributed by atoms with Gasteiger partial charge in [-0.25, -0.2) is 33.0 Å². The highest BCUT2D eigenvalue weighted by molar-refractivity contribution is 8.15. The van der Waals surface area contributed by atoms with E-state index < -0.39 is 90.1 Å². The lowest BCUT2D eigenvalue weighted by molar-refractivity contribution is -0.171. The molecule has 75 heavy (non-hydrogen) atoms. The molecule has 26 heteroatoms. The van der Waals surface area contributed by atoms with E-state index in [1.807, 2.05) is 20.8 Å². The van der Waals surface area contributed by atoms with Crippen molar-refractivity contribution in [3.63, 3.8) is 0 Å². The maximum Gasteiger partial charge on any atom is 0.407 e. The Morgan fingerprint density at radius 2 is 1.56 bits per heavy atom. The molecule has 0 fully saturated rings. The van der Waals surface area contributed by atoms with Gasteiger partial charge in [0.2, 0.25) is 17.7 Å². The Kier molecular flexibility index (Phi) is 23.9. The first-order valence-electron chi connectivity index (χ1n) is 23.8. The van der Waals surface area contributed by atoms with Gasteiger partial charge in [0.25, 0.3) is 0 Å². The van der Waals surface area contributed by atoms with Crippen molar-refractivity contribution in [3.8, 4) is 0 Å². The van der Waals surface area contributed by atoms with E-state index in [9.17, 15) is 48.2 Å². The monoisotopic (exact) mass is 1070 g/mol. The summed E-state index contributed by atoms with van der Waals surface area (Å²) in [7, 11) is 2.68. The number of benzene rings is 3. The van der Waals surface area contributed by atoms with E-state index in [0.29, 0.717) is 23.2 Å². The summed E-state index contributed by atoms with van der Waals surface area (Å²) in [5.41, 5.74) is 6.33. The first-order chi connectivity index (χ1) is 35.6. The van der Waals surface area contributed by atoms with Crippen molar-refractivity contribution < 1.29 is 71.6 Å². The number of hydrogen-bond donors (Lipinski definition) is 9. The van der Waals surface area contributed by atoms with Gasteiger partial charge in [-0.3, -0.25) is 19.2 Å². The molecule has 10 N–H and O–H groups in total. The highest BCUT2D eigenvalue weighted by Gasteiger charge is 2.50. The van der Waals surface area contributed by atoms with Gasteiger partial charge in [0, 0.05) is 44.4 Å². The van der Waals surface area contributed by atoms with E-state index in [2.05, 4.69) is 37.0 Å². The van der Waals surface area contributed by atoms with Crippen LogP contribution in [0.1, 0.15) is 76.0 Å². The third-order valence-electron chi connectivity index (χ3n) is 10.9. The van der Waals surface area contributed by atoms with Crippen LogP contribution in [0.4, 0.5) is 33.6 Å². The molecule has 0 bridgehead atoms. The number of amides is 9. The maximum absolute atomic E-state index is 15.0. The minimum atomic E-state index is -1.49. The molecule has 1 aliphatic heterocycles. The first-order valence-corrected chi connectivity index (χ1v) is 24.6. The van der Waals surface area contributed by atoms with E-state index in [0.717, 1.165) is 40.0 Å². The molecular weight excluding hydrogens is 1010 g/mol. The second-order valence-corrected chi connectivity index (χ2v) is 19.4. The Hall–Kier alpha value is -7.13. The molecule has 4 rings (SSSR count). The number of nitrogens with one attached hydrogen (secondary N) is 6. The minimum absolute atomic E-state index is 0.0602. The summed E-state index contributed by atoms with van der Waals surface area (Å²) in [6.45, 7) is 4.27. The molecule has 4 atom stereocenters. The van der Waals surface area contributed by atoms with Crippen LogP contribution in [-0.2, 0) is 44.9 Å². The number of hydrogen-bond acceptors (Lipinski definition) is 15. The zero-order valence-corrected chi connectivity index (χ0v) is 43.1. The number of thioether (sulfide) groups is 1. The lowest BCUT2D eigenvalue weighted by Gasteiger charge is -2.37. The minimum Gasteiger partial charge on any atom is -0.445 e. The molecule has 0 aromatic heterocycles. The predicted molar refractivity (Wildman–Crippen MR) is 271 cm³/mol. The molecule has 0 radical (unpaired) electrons. The van der Waals surface area contributed by atoms with E-state index >= 15 is 4.39 Å². The number of hydrazone groups is 1. The molecule has 3 aromatic rings. The zero-order chi connectivity index (χ0) is 55.1. The molecule has 0 spiro atoms. The van der Waals surface area contributed by atoms with Crippen LogP contribution >= 0.6 is 11.8 Å². The standard InChI is InChI=1S/C49H66F2N10O13S/c1-48(2,3)26-35(28-62)74-41(65)30-73-46(69)55-24-20-39(63)56-27-40(64)58-38(13-9-22-53-44(52)67)42(66)57-34-17-14-31(15-18-34)29-72-45(68)54-23-10-21-49(32-11-7-6-8-12-32)61(47(70)60(4)71-5)59-43(75-49)36-25-33(50)16-19-37(36)51/h6-8,11-12,14-19,25,35,38,41,62,65H,9-10,13,20-24,26-30H2,1-5H3,(H,54,68)(H,55,69)(H,56,63)(H,57,66)(H,58,64)(H3,52,53,67)/t35?,38-,41?,49-/m0/s1. The summed E-state index contributed by atoms with van der Waals surface area (Å²) >= 11 is 1.06. The highest BCUT2D eigenvalue weighted by atomic mass is 32.2. The second kappa shape index (κ2) is 29.7. The van der Waals surface area contributed by atoms with Crippen molar-refractivity contribution in [3.05, 3.63) is 101 Å². The molecule has 2 unspecified atom stereocenters. The lowest BCUT2D eigenvalue weighted by Crippen LogP contribution is -2.48. The Morgan fingerprint density at radius 1 is 0.880 bits per heavy atom. The number of carbonyl (C=O) groups is 7. The molecular formula is C49H66F2N10O13S. The summed E-state index contributed by atoms with van der Waals surface area (Å²) in [5.74, 6) is -3.38. The molecule has 3 aromatic carbocycles. The van der Waals surface area contributed by atoms with Gasteiger partial charge in [-0.1, -0.05) is 75.0 Å². The third kappa shape index (κ3) is 20.3. The Balaban J connectivity index is 1.25. The summed E-state index contributed by atoms with van der Waals surface area (Å²) < 4.78 is 45.0. The maximum atomic E-state index is 15.0. The van der Waals surface area contributed by atoms with E-state index in [-0.39, 0.29) is 81.0 Å². The lowest BCUT2D eigenvalue weighted by atomic mass is 9.89. The van der Waals surface area contributed by atoms with Gasteiger partial charge in [0.15, 0.2) is 6.29 Å². The van der Waals surface area contributed by atoms with Gasteiger partial charge in [-0.2, -0.15) is 10.1 Å². The fraction of sp³-hybridized carbons (Fsp3) is 0.469. The predicted octanol–water partition coefficient (Wildman–Crippen LogP) is 4.08. The molecule has 23 nitrogen and oxygen atoms in total. The quantitative estimate of drug-likeness (QED) is 0.0295. The largest absolute Gasteiger partial charge is 0.445 e. The van der Waals surface area contributed by atoms with Crippen LogP contribution in [0.15, 0.2) is 77.9 Å². The van der Waals surface area contributed by atoms with E-state index in [4.69, 9.17) is 24.8 Å². The summed E-state index contributed by atoms with van der Waals surface area (Å²) in [6, 6.07) is 15.5.